The van der Waals surface area contributed by atoms with Crippen molar-refractivity contribution >= 4 is 28.6 Å². The minimum Gasteiger partial charge on any atom is -0.497 e. The van der Waals surface area contributed by atoms with Gasteiger partial charge in [-0.15, -0.1) is 0 Å². The topological polar surface area (TPSA) is 103 Å². The Kier molecular flexibility index (Phi) is 9.50. The lowest BCUT2D eigenvalue weighted by molar-refractivity contribution is -0.141. The van der Waals surface area contributed by atoms with Gasteiger partial charge < -0.3 is 25.0 Å². The van der Waals surface area contributed by atoms with E-state index in [4.69, 9.17) is 4.74 Å². The van der Waals surface area contributed by atoms with Gasteiger partial charge in [-0.1, -0.05) is 12.8 Å². The molecule has 1 aliphatic heterocycles. The number of benzene rings is 1. The van der Waals surface area contributed by atoms with Crippen LogP contribution >= 0.6 is 11.8 Å². The van der Waals surface area contributed by atoms with Crippen molar-refractivity contribution in [1.82, 2.24) is 9.88 Å². The van der Waals surface area contributed by atoms with Crippen LogP contribution in [-0.4, -0.2) is 68.9 Å². The molecule has 8 heteroatoms. The highest BCUT2D eigenvalue weighted by atomic mass is 32.2. The maximum absolute atomic E-state index is 11.8. The lowest BCUT2D eigenvalue weighted by Crippen LogP contribution is -2.42. The summed E-state index contributed by atoms with van der Waals surface area (Å²) in [5, 5.41) is 32.5. The Hall–Kier alpha value is -1.87. The summed E-state index contributed by atoms with van der Waals surface area (Å²) in [7, 11) is 1.59. The third-order valence-electron chi connectivity index (χ3n) is 8.16. The molecule has 7 nitrogen and oxygen atoms in total. The Morgan fingerprint density at radius 1 is 1.28 bits per heavy atom. The molecule has 2 aliphatic rings. The van der Waals surface area contributed by atoms with Gasteiger partial charge in [0.05, 0.1) is 31.8 Å². The number of hydrogen-bond acceptors (Lipinski definition) is 7. The summed E-state index contributed by atoms with van der Waals surface area (Å²) in [4.78, 5) is 18.7. The molecule has 198 valence electrons. The Balaban J connectivity index is 1.41. The molecule has 1 aliphatic carbocycles. The Morgan fingerprint density at radius 2 is 2.03 bits per heavy atom. The van der Waals surface area contributed by atoms with Crippen LogP contribution in [0, 0.1) is 5.41 Å². The lowest BCUT2D eigenvalue weighted by Gasteiger charge is -2.41. The molecule has 2 aromatic rings. The summed E-state index contributed by atoms with van der Waals surface area (Å²) < 4.78 is 5.37. The van der Waals surface area contributed by atoms with Crippen LogP contribution < -0.4 is 4.74 Å². The number of piperidine rings is 1. The number of carboxylic acids is 1. The number of carbonyl (C=O) groups is 1. The predicted molar refractivity (Wildman–Crippen MR) is 143 cm³/mol. The standard InChI is InChI=1S/C28H40N2O5S/c1-35-21-6-7-24-23(16-21)27(20(19-31)18-29-24)25(32)8-9-28(17-26(33)34)10-12-30(13-11-28)14-15-36-22-4-2-3-5-22/h6-7,16,18,22,25,31-32H,2-5,8-15,17,19H2,1H3,(H,33,34)/t25-/m0/s1. The molecule has 3 N–H and O–H groups in total. The number of fused-ring (bicyclic) bond motifs is 1. The molecule has 0 radical (unpaired) electrons. The van der Waals surface area contributed by atoms with Gasteiger partial charge in [0, 0.05) is 34.7 Å². The molecule has 0 amide bonds. The highest BCUT2D eigenvalue weighted by Crippen LogP contribution is 2.42. The SMILES string of the molecule is COc1ccc2ncc(CO)c([C@@H](O)CCC3(CC(=O)O)CCN(CCSC4CCCC4)CC3)c2c1. The fourth-order valence-electron chi connectivity index (χ4n) is 5.96. The zero-order chi connectivity index (χ0) is 25.5. The minimum absolute atomic E-state index is 0.127. The molecule has 1 aromatic heterocycles. The van der Waals surface area contributed by atoms with Gasteiger partial charge in [0.2, 0.25) is 0 Å². The molecule has 1 saturated carbocycles. The van der Waals surface area contributed by atoms with E-state index >= 15 is 0 Å². The molecule has 0 bridgehead atoms. The summed E-state index contributed by atoms with van der Waals surface area (Å²) in [5.41, 5.74) is 1.66. The largest absolute Gasteiger partial charge is 0.497 e. The second-order valence-electron chi connectivity index (χ2n) is 10.5. The number of pyridine rings is 1. The molecule has 4 rings (SSSR count). The Labute approximate surface area is 218 Å². The van der Waals surface area contributed by atoms with Crippen LogP contribution in [-0.2, 0) is 11.4 Å². The Bertz CT molecular complexity index is 1010. The number of likely N-dealkylation sites (tertiary alicyclic amines) is 1. The molecule has 0 spiro atoms. The first-order valence-electron chi connectivity index (χ1n) is 13.2. The van der Waals surface area contributed by atoms with Gasteiger partial charge in [-0.3, -0.25) is 9.78 Å². The van der Waals surface area contributed by atoms with Gasteiger partial charge in [0.15, 0.2) is 0 Å². The van der Waals surface area contributed by atoms with Crippen LogP contribution in [0.4, 0.5) is 0 Å². The van der Waals surface area contributed by atoms with E-state index in [0.717, 1.165) is 54.4 Å². The lowest BCUT2D eigenvalue weighted by atomic mass is 9.71. The number of methoxy groups -OCH3 is 1. The first kappa shape index (κ1) is 27.2. The quantitative estimate of drug-likeness (QED) is 0.370. The number of rotatable bonds is 12. The van der Waals surface area contributed by atoms with Gasteiger partial charge in [0.1, 0.15) is 5.75 Å². The number of thioether (sulfide) groups is 1. The number of carboxylic acid groups (broad SMARTS) is 1. The van der Waals surface area contributed by atoms with Gasteiger partial charge >= 0.3 is 5.97 Å². The summed E-state index contributed by atoms with van der Waals surface area (Å²) in [6.07, 6.45) is 9.09. The average Bonchev–Trinajstić information content (AvgIpc) is 3.40. The molecule has 0 unspecified atom stereocenters. The van der Waals surface area contributed by atoms with E-state index in [1.807, 2.05) is 18.2 Å². The van der Waals surface area contributed by atoms with Crippen LogP contribution in [0.2, 0.25) is 0 Å². The monoisotopic (exact) mass is 516 g/mol. The van der Waals surface area contributed by atoms with Crippen molar-refractivity contribution in [2.45, 2.75) is 75.7 Å². The molecular weight excluding hydrogens is 476 g/mol. The van der Waals surface area contributed by atoms with Crippen LogP contribution in [0.1, 0.15) is 75.0 Å². The summed E-state index contributed by atoms with van der Waals surface area (Å²) in [6, 6.07) is 5.51. The van der Waals surface area contributed by atoms with E-state index in [-0.39, 0.29) is 18.4 Å². The van der Waals surface area contributed by atoms with Crippen molar-refractivity contribution in [3.05, 3.63) is 35.5 Å². The molecule has 2 fully saturated rings. The first-order chi connectivity index (χ1) is 17.4. The fourth-order valence-corrected chi connectivity index (χ4v) is 7.32. The fraction of sp³-hybridized carbons (Fsp3) is 0.643. The highest BCUT2D eigenvalue weighted by Gasteiger charge is 2.37. The zero-order valence-electron chi connectivity index (χ0n) is 21.3. The summed E-state index contributed by atoms with van der Waals surface area (Å²) in [6.45, 7) is 2.66. The van der Waals surface area contributed by atoms with Crippen molar-refractivity contribution in [2.75, 3.05) is 32.5 Å². The molecule has 2 heterocycles. The minimum atomic E-state index is -0.823. The number of aliphatic hydroxyl groups excluding tert-OH is 2. The van der Waals surface area contributed by atoms with Crippen molar-refractivity contribution in [1.29, 1.82) is 0 Å². The van der Waals surface area contributed by atoms with Crippen LogP contribution in [0.25, 0.3) is 10.9 Å². The normalized spacial score (nSPS) is 19.5. The number of aliphatic hydroxyl groups is 2. The smallest absolute Gasteiger partial charge is 0.303 e. The van der Waals surface area contributed by atoms with Crippen molar-refractivity contribution in [3.8, 4) is 5.75 Å². The van der Waals surface area contributed by atoms with Gasteiger partial charge in [-0.05, 0) is 80.8 Å². The van der Waals surface area contributed by atoms with Gasteiger partial charge in [0.25, 0.3) is 0 Å². The highest BCUT2D eigenvalue weighted by molar-refractivity contribution is 7.99. The zero-order valence-corrected chi connectivity index (χ0v) is 22.1. The van der Waals surface area contributed by atoms with E-state index < -0.39 is 12.1 Å². The number of ether oxygens (including phenoxy) is 1. The van der Waals surface area contributed by atoms with Crippen LogP contribution in [0.5, 0.6) is 5.75 Å². The second kappa shape index (κ2) is 12.6. The summed E-state index contributed by atoms with van der Waals surface area (Å²) in [5.74, 6) is 1.04. The van der Waals surface area contributed by atoms with Crippen LogP contribution in [0.3, 0.4) is 0 Å². The van der Waals surface area contributed by atoms with E-state index in [0.29, 0.717) is 29.7 Å². The molecule has 1 aromatic carbocycles. The Morgan fingerprint density at radius 3 is 2.69 bits per heavy atom. The molecule has 36 heavy (non-hydrogen) atoms. The number of aromatic nitrogens is 1. The molecular formula is C28H40N2O5S. The third-order valence-corrected chi connectivity index (χ3v) is 9.52. The summed E-state index contributed by atoms with van der Waals surface area (Å²) >= 11 is 2.10. The van der Waals surface area contributed by atoms with Crippen molar-refractivity contribution < 1.29 is 24.9 Å². The first-order valence-corrected chi connectivity index (χ1v) is 14.3. The van der Waals surface area contributed by atoms with E-state index in [9.17, 15) is 20.1 Å². The predicted octanol–water partition coefficient (Wildman–Crippen LogP) is 4.78. The number of aliphatic carboxylic acids is 1. The van der Waals surface area contributed by atoms with E-state index in [2.05, 4.69) is 21.6 Å². The maximum Gasteiger partial charge on any atom is 0.303 e. The van der Waals surface area contributed by atoms with Gasteiger partial charge in [-0.25, -0.2) is 0 Å². The van der Waals surface area contributed by atoms with E-state index in [1.165, 1.54) is 25.7 Å². The van der Waals surface area contributed by atoms with Crippen molar-refractivity contribution in [2.24, 2.45) is 5.41 Å². The van der Waals surface area contributed by atoms with E-state index in [1.54, 1.807) is 13.3 Å². The average molecular weight is 517 g/mol. The number of hydrogen-bond donors (Lipinski definition) is 3. The maximum atomic E-state index is 11.8. The molecule has 1 saturated heterocycles. The molecule has 1 atom stereocenters. The van der Waals surface area contributed by atoms with Crippen LogP contribution in [0.15, 0.2) is 24.4 Å². The van der Waals surface area contributed by atoms with Gasteiger partial charge in [-0.2, -0.15) is 11.8 Å². The number of nitrogens with zero attached hydrogens (tertiary/aromatic N) is 2. The van der Waals surface area contributed by atoms with Crippen molar-refractivity contribution in [3.63, 3.8) is 0 Å². The third kappa shape index (κ3) is 6.71. The second-order valence-corrected chi connectivity index (χ2v) is 11.9.